The van der Waals surface area contributed by atoms with E-state index in [2.05, 4.69) is 0 Å². The minimum Gasteiger partial charge on any atom is -0.481 e. The molecule has 4 heteroatoms. The number of aliphatic carboxylic acids is 1. The first-order valence-electron chi connectivity index (χ1n) is 3.27. The lowest BCUT2D eigenvalue weighted by Crippen LogP contribution is -2.24. The quantitative estimate of drug-likeness (QED) is 0.576. The van der Waals surface area contributed by atoms with Gasteiger partial charge in [0, 0.05) is 6.42 Å². The van der Waals surface area contributed by atoms with Gasteiger partial charge in [-0.25, -0.2) is 0 Å². The molecule has 0 unspecified atom stereocenters. The largest absolute Gasteiger partial charge is 0.481 e. The van der Waals surface area contributed by atoms with E-state index in [0.29, 0.717) is 0 Å². The van der Waals surface area contributed by atoms with Gasteiger partial charge in [-0.1, -0.05) is 0 Å². The summed E-state index contributed by atoms with van der Waals surface area (Å²) in [5, 5.41) is 17.3. The van der Waals surface area contributed by atoms with Gasteiger partial charge in [0.1, 0.15) is 12.2 Å². The summed E-state index contributed by atoms with van der Waals surface area (Å²) in [5.41, 5.74) is -1.10. The van der Waals surface area contributed by atoms with Crippen LogP contribution in [0.25, 0.3) is 0 Å². The predicted octanol–water partition coefficient (Wildman–Crippen LogP) is 0.191. The van der Waals surface area contributed by atoms with Crippen molar-refractivity contribution in [2.45, 2.75) is 32.3 Å². The van der Waals surface area contributed by atoms with Crippen molar-refractivity contribution < 1.29 is 19.8 Å². The lowest BCUT2D eigenvalue weighted by Gasteiger charge is -2.14. The Bertz CT molecular complexity index is 166. The monoisotopic (exact) mass is 160 g/mol. The topological polar surface area (TPSA) is 74.6 Å². The molecule has 11 heavy (non-hydrogen) atoms. The number of carbonyl (C=O) groups is 2. The fourth-order valence-corrected chi connectivity index (χ4v) is 0.714. The molecule has 0 atom stereocenters. The Morgan fingerprint density at radius 2 is 1.82 bits per heavy atom. The lowest BCUT2D eigenvalue weighted by atomic mass is 10.0. The number of Topliss-reactive ketones (excluding diaryl/α,β-unsaturated/α-hetero) is 1. The molecule has 2 N–H and O–H groups in total. The minimum absolute atomic E-state index is 0.112. The summed E-state index contributed by atoms with van der Waals surface area (Å²) >= 11 is 0. The van der Waals surface area contributed by atoms with E-state index in [0.717, 1.165) is 0 Å². The molecule has 0 aliphatic heterocycles. The standard InChI is InChI=1S/C7H12O4/c1-7(2,11)4-5(8)3-6(9)10/h11H,3-4H2,1-2H3,(H,9,10). The lowest BCUT2D eigenvalue weighted by molar-refractivity contribution is -0.141. The fraction of sp³-hybridized carbons (Fsp3) is 0.714. The molecule has 0 rings (SSSR count). The second-order valence-corrected chi connectivity index (χ2v) is 3.10. The molecule has 0 aromatic carbocycles. The zero-order valence-electron chi connectivity index (χ0n) is 6.63. The van der Waals surface area contributed by atoms with Crippen LogP contribution in [-0.4, -0.2) is 27.6 Å². The zero-order valence-corrected chi connectivity index (χ0v) is 6.63. The van der Waals surface area contributed by atoms with Gasteiger partial charge in [-0.3, -0.25) is 9.59 Å². The van der Waals surface area contributed by atoms with Crippen LogP contribution in [0, 0.1) is 0 Å². The molecule has 0 aromatic rings. The van der Waals surface area contributed by atoms with Crippen LogP contribution in [0.15, 0.2) is 0 Å². The predicted molar refractivity (Wildman–Crippen MR) is 38.2 cm³/mol. The van der Waals surface area contributed by atoms with Gasteiger partial charge in [0.05, 0.1) is 5.60 Å². The van der Waals surface area contributed by atoms with Crippen LogP contribution in [0.2, 0.25) is 0 Å². The molecule has 0 bridgehead atoms. The second-order valence-electron chi connectivity index (χ2n) is 3.10. The number of aliphatic hydroxyl groups is 1. The van der Waals surface area contributed by atoms with Gasteiger partial charge in [-0.15, -0.1) is 0 Å². The normalized spacial score (nSPS) is 11.2. The Balaban J connectivity index is 3.80. The summed E-state index contributed by atoms with van der Waals surface area (Å²) in [6.07, 6.45) is -0.622. The highest BCUT2D eigenvalue weighted by Gasteiger charge is 2.19. The summed E-state index contributed by atoms with van der Waals surface area (Å²) in [7, 11) is 0. The molecule has 4 nitrogen and oxygen atoms in total. The number of hydrogen-bond donors (Lipinski definition) is 2. The van der Waals surface area contributed by atoms with Crippen molar-refractivity contribution in [3.8, 4) is 0 Å². The van der Waals surface area contributed by atoms with Crippen LogP contribution in [0.4, 0.5) is 0 Å². The smallest absolute Gasteiger partial charge is 0.310 e. The van der Waals surface area contributed by atoms with E-state index < -0.39 is 23.8 Å². The Kier molecular flexibility index (Phi) is 3.19. The first-order chi connectivity index (χ1) is 4.81. The molecule has 0 amide bonds. The number of carboxylic acid groups (broad SMARTS) is 1. The SMILES string of the molecule is CC(C)(O)CC(=O)CC(=O)O. The molecular weight excluding hydrogens is 148 g/mol. The molecule has 0 aliphatic rings. The summed E-state index contributed by atoms with van der Waals surface area (Å²) in [4.78, 5) is 20.7. The average Bonchev–Trinajstić information content (AvgIpc) is 1.53. The molecule has 64 valence electrons. The minimum atomic E-state index is -1.15. The van der Waals surface area contributed by atoms with Gasteiger partial charge < -0.3 is 10.2 Å². The highest BCUT2D eigenvalue weighted by molar-refractivity contribution is 5.95. The summed E-state index contributed by atoms with van der Waals surface area (Å²) in [6.45, 7) is 2.93. The summed E-state index contributed by atoms with van der Waals surface area (Å²) in [6, 6.07) is 0. The van der Waals surface area contributed by atoms with Gasteiger partial charge in [-0.2, -0.15) is 0 Å². The molecule has 0 spiro atoms. The van der Waals surface area contributed by atoms with E-state index >= 15 is 0 Å². The first-order valence-corrected chi connectivity index (χ1v) is 3.27. The van der Waals surface area contributed by atoms with Gasteiger partial charge in [0.15, 0.2) is 0 Å². The Morgan fingerprint density at radius 1 is 1.36 bits per heavy atom. The van der Waals surface area contributed by atoms with E-state index in [1.807, 2.05) is 0 Å². The zero-order chi connectivity index (χ0) is 9.07. The van der Waals surface area contributed by atoms with Crippen LogP contribution in [0.5, 0.6) is 0 Å². The van der Waals surface area contributed by atoms with Crippen molar-refractivity contribution in [3.63, 3.8) is 0 Å². The van der Waals surface area contributed by atoms with Crippen molar-refractivity contribution in [1.29, 1.82) is 0 Å². The van der Waals surface area contributed by atoms with Crippen LogP contribution in [0.3, 0.4) is 0 Å². The number of carboxylic acids is 1. The number of rotatable bonds is 4. The third-order valence-electron chi connectivity index (χ3n) is 0.978. The molecular formula is C7H12O4. The molecule has 0 aliphatic carbocycles. The number of ketones is 1. The molecule has 0 heterocycles. The van der Waals surface area contributed by atoms with E-state index in [1.165, 1.54) is 13.8 Å². The van der Waals surface area contributed by atoms with Gasteiger partial charge >= 0.3 is 5.97 Å². The van der Waals surface area contributed by atoms with Crippen molar-refractivity contribution >= 4 is 11.8 Å². The highest BCUT2D eigenvalue weighted by Crippen LogP contribution is 2.08. The molecule has 0 aromatic heterocycles. The number of hydrogen-bond acceptors (Lipinski definition) is 3. The first kappa shape index (κ1) is 10.1. The van der Waals surface area contributed by atoms with Gasteiger partial charge in [-0.05, 0) is 13.8 Å². The Hall–Kier alpha value is -0.900. The van der Waals surface area contributed by atoms with Crippen molar-refractivity contribution in [2.24, 2.45) is 0 Å². The molecule has 0 radical (unpaired) electrons. The Morgan fingerprint density at radius 3 is 2.09 bits per heavy atom. The third kappa shape index (κ3) is 6.99. The number of carbonyl (C=O) groups excluding carboxylic acids is 1. The summed E-state index contributed by atoms with van der Waals surface area (Å²) < 4.78 is 0. The van der Waals surface area contributed by atoms with Gasteiger partial charge in [0.25, 0.3) is 0 Å². The highest BCUT2D eigenvalue weighted by atomic mass is 16.4. The van der Waals surface area contributed by atoms with Crippen molar-refractivity contribution in [3.05, 3.63) is 0 Å². The van der Waals surface area contributed by atoms with E-state index in [1.54, 1.807) is 0 Å². The van der Waals surface area contributed by atoms with Crippen LogP contribution in [-0.2, 0) is 9.59 Å². The molecule has 0 fully saturated rings. The maximum absolute atomic E-state index is 10.7. The van der Waals surface area contributed by atoms with Crippen LogP contribution in [0.1, 0.15) is 26.7 Å². The fourth-order valence-electron chi connectivity index (χ4n) is 0.714. The van der Waals surface area contributed by atoms with Gasteiger partial charge in [0.2, 0.25) is 0 Å². The maximum atomic E-state index is 10.7. The Labute approximate surface area is 64.8 Å². The van der Waals surface area contributed by atoms with Crippen LogP contribution >= 0.6 is 0 Å². The van der Waals surface area contributed by atoms with E-state index in [9.17, 15) is 9.59 Å². The molecule has 0 saturated carbocycles. The van der Waals surface area contributed by atoms with E-state index in [-0.39, 0.29) is 6.42 Å². The second kappa shape index (κ2) is 3.48. The summed E-state index contributed by atoms with van der Waals surface area (Å²) in [5.74, 6) is -1.61. The van der Waals surface area contributed by atoms with Crippen LogP contribution < -0.4 is 0 Å². The molecule has 0 saturated heterocycles. The van der Waals surface area contributed by atoms with Crippen molar-refractivity contribution in [1.82, 2.24) is 0 Å². The average molecular weight is 160 g/mol. The van der Waals surface area contributed by atoms with Crippen molar-refractivity contribution in [2.75, 3.05) is 0 Å². The maximum Gasteiger partial charge on any atom is 0.310 e. The van der Waals surface area contributed by atoms with E-state index in [4.69, 9.17) is 10.2 Å². The third-order valence-corrected chi connectivity index (χ3v) is 0.978.